The summed E-state index contributed by atoms with van der Waals surface area (Å²) in [6.07, 6.45) is 1.66. The summed E-state index contributed by atoms with van der Waals surface area (Å²) in [6, 6.07) is 5.05. The Hall–Kier alpha value is -0.630. The zero-order valence-corrected chi connectivity index (χ0v) is 13.6. The first-order chi connectivity index (χ1) is 9.85. The Morgan fingerprint density at radius 3 is 2.33 bits per heavy atom. The van der Waals surface area contributed by atoms with E-state index in [1.165, 1.54) is 24.3 Å². The van der Waals surface area contributed by atoms with Gasteiger partial charge in [0.15, 0.2) is 0 Å². The van der Waals surface area contributed by atoms with Crippen LogP contribution in [0.3, 0.4) is 0 Å². The van der Waals surface area contributed by atoms with E-state index < -0.39 is 15.8 Å². The van der Waals surface area contributed by atoms with Crippen LogP contribution in [0.25, 0.3) is 0 Å². The first kappa shape index (κ1) is 15.3. The molecule has 2 saturated heterocycles. The monoisotopic (exact) mass is 330 g/mol. The molecule has 4 nitrogen and oxygen atoms in total. The van der Waals surface area contributed by atoms with Crippen LogP contribution in [-0.2, 0) is 10.0 Å². The molecule has 2 atom stereocenters. The molecule has 1 aromatic rings. The van der Waals surface area contributed by atoms with Crippen molar-refractivity contribution in [2.45, 2.75) is 35.6 Å². The predicted molar refractivity (Wildman–Crippen MR) is 82.3 cm³/mol. The fourth-order valence-corrected chi connectivity index (χ4v) is 5.10. The standard InChI is InChI=1S/C14H19FN2O2S2/c1-11(20)16-8-6-14(7-9-16)10-17(14)21(18,19)13-4-2-12(15)3-5-13/h2-5,11,20H,6-10H2,1H3. The minimum Gasteiger partial charge on any atom is -0.292 e. The highest BCUT2D eigenvalue weighted by Gasteiger charge is 2.59. The van der Waals surface area contributed by atoms with Gasteiger partial charge in [0.1, 0.15) is 5.82 Å². The Morgan fingerprint density at radius 2 is 1.81 bits per heavy atom. The van der Waals surface area contributed by atoms with Gasteiger partial charge in [-0.2, -0.15) is 16.9 Å². The van der Waals surface area contributed by atoms with Gasteiger partial charge >= 0.3 is 0 Å². The van der Waals surface area contributed by atoms with Gasteiger partial charge in [0.2, 0.25) is 10.0 Å². The van der Waals surface area contributed by atoms with Crippen LogP contribution in [0.1, 0.15) is 19.8 Å². The van der Waals surface area contributed by atoms with Crippen molar-refractivity contribution in [1.82, 2.24) is 9.21 Å². The van der Waals surface area contributed by atoms with Crippen LogP contribution in [0.4, 0.5) is 4.39 Å². The van der Waals surface area contributed by atoms with E-state index in [9.17, 15) is 12.8 Å². The van der Waals surface area contributed by atoms with Gasteiger partial charge in [0.25, 0.3) is 0 Å². The second kappa shape index (κ2) is 5.22. The molecule has 1 aromatic carbocycles. The van der Waals surface area contributed by atoms with Crippen LogP contribution in [-0.4, -0.2) is 48.2 Å². The molecule has 116 valence electrons. The van der Waals surface area contributed by atoms with Crippen LogP contribution in [0.2, 0.25) is 0 Å². The Kier molecular flexibility index (Phi) is 3.80. The Morgan fingerprint density at radius 1 is 1.24 bits per heavy atom. The lowest BCUT2D eigenvalue weighted by Gasteiger charge is -2.34. The average molecular weight is 330 g/mol. The number of benzene rings is 1. The lowest BCUT2D eigenvalue weighted by molar-refractivity contribution is 0.187. The topological polar surface area (TPSA) is 40.4 Å². The molecule has 3 rings (SSSR count). The average Bonchev–Trinajstić information content (AvgIpc) is 3.14. The van der Waals surface area contributed by atoms with Crippen LogP contribution in [0, 0.1) is 5.82 Å². The normalized spacial score (nSPS) is 26.7. The molecule has 21 heavy (non-hydrogen) atoms. The van der Waals surface area contributed by atoms with Gasteiger partial charge < -0.3 is 0 Å². The van der Waals surface area contributed by atoms with Gasteiger partial charge in [-0.25, -0.2) is 12.8 Å². The molecule has 2 aliphatic rings. The van der Waals surface area contributed by atoms with E-state index in [2.05, 4.69) is 17.5 Å². The number of likely N-dealkylation sites (tertiary alicyclic amines) is 1. The molecule has 0 N–H and O–H groups in total. The first-order valence-electron chi connectivity index (χ1n) is 7.06. The minimum atomic E-state index is -3.50. The lowest BCUT2D eigenvalue weighted by Crippen LogP contribution is -2.42. The van der Waals surface area contributed by atoms with E-state index >= 15 is 0 Å². The molecule has 0 bridgehead atoms. The van der Waals surface area contributed by atoms with E-state index in [4.69, 9.17) is 0 Å². The molecular weight excluding hydrogens is 311 g/mol. The third-order valence-electron chi connectivity index (χ3n) is 4.52. The third kappa shape index (κ3) is 2.72. The molecule has 2 fully saturated rings. The number of thiol groups is 1. The van der Waals surface area contributed by atoms with Gasteiger partial charge in [0.05, 0.1) is 10.4 Å². The predicted octanol–water partition coefficient (Wildman–Crippen LogP) is 1.94. The van der Waals surface area contributed by atoms with Gasteiger partial charge in [0, 0.05) is 25.0 Å². The zero-order valence-electron chi connectivity index (χ0n) is 11.9. The number of sulfonamides is 1. The van der Waals surface area contributed by atoms with Crippen molar-refractivity contribution >= 4 is 22.7 Å². The number of hydrogen-bond donors (Lipinski definition) is 1. The van der Waals surface area contributed by atoms with Crippen molar-refractivity contribution in [1.29, 1.82) is 0 Å². The van der Waals surface area contributed by atoms with E-state index in [0.29, 0.717) is 6.54 Å². The quantitative estimate of drug-likeness (QED) is 0.680. The van der Waals surface area contributed by atoms with Gasteiger partial charge in [-0.3, -0.25) is 4.90 Å². The summed E-state index contributed by atoms with van der Waals surface area (Å²) in [4.78, 5) is 2.42. The maximum atomic E-state index is 12.9. The molecule has 1 spiro atoms. The summed E-state index contributed by atoms with van der Waals surface area (Å²) in [5, 5.41) is 0.197. The second-order valence-electron chi connectivity index (χ2n) is 5.86. The third-order valence-corrected chi connectivity index (χ3v) is 6.81. The van der Waals surface area contributed by atoms with Crippen molar-refractivity contribution < 1.29 is 12.8 Å². The van der Waals surface area contributed by atoms with Gasteiger partial charge in [-0.1, -0.05) is 0 Å². The first-order valence-corrected chi connectivity index (χ1v) is 9.01. The molecule has 0 aromatic heterocycles. The molecule has 0 radical (unpaired) electrons. The molecular formula is C14H19FN2O2S2. The lowest BCUT2D eigenvalue weighted by atomic mass is 9.97. The van der Waals surface area contributed by atoms with Crippen LogP contribution in [0.15, 0.2) is 29.2 Å². The number of rotatable bonds is 3. The Bertz CT molecular complexity index is 623. The summed E-state index contributed by atoms with van der Waals surface area (Å²) < 4.78 is 39.6. The molecule has 0 amide bonds. The molecule has 0 aliphatic carbocycles. The van der Waals surface area contributed by atoms with E-state index in [-0.39, 0.29) is 15.8 Å². The van der Waals surface area contributed by atoms with Crippen LogP contribution in [0.5, 0.6) is 0 Å². The van der Waals surface area contributed by atoms with E-state index in [1.54, 1.807) is 4.31 Å². The zero-order chi connectivity index (χ0) is 15.3. The smallest absolute Gasteiger partial charge is 0.243 e. The molecule has 7 heteroatoms. The fraction of sp³-hybridized carbons (Fsp3) is 0.571. The van der Waals surface area contributed by atoms with Crippen molar-refractivity contribution in [2.24, 2.45) is 0 Å². The Labute approximate surface area is 130 Å². The summed E-state index contributed by atoms with van der Waals surface area (Å²) in [5.74, 6) is -0.425. The van der Waals surface area contributed by atoms with E-state index in [1.807, 2.05) is 6.92 Å². The minimum absolute atomic E-state index is 0.172. The maximum absolute atomic E-state index is 12.9. The highest BCUT2D eigenvalue weighted by Crippen LogP contribution is 2.46. The molecule has 2 unspecified atom stereocenters. The largest absolute Gasteiger partial charge is 0.292 e. The number of piperidine rings is 1. The summed E-state index contributed by atoms with van der Waals surface area (Å²) >= 11 is 4.42. The van der Waals surface area contributed by atoms with Crippen molar-refractivity contribution in [3.05, 3.63) is 30.1 Å². The van der Waals surface area contributed by atoms with Crippen LogP contribution >= 0.6 is 12.6 Å². The number of hydrogen-bond acceptors (Lipinski definition) is 4. The van der Waals surface area contributed by atoms with Crippen LogP contribution < -0.4 is 0 Å². The maximum Gasteiger partial charge on any atom is 0.243 e. The van der Waals surface area contributed by atoms with Crippen molar-refractivity contribution in [2.75, 3.05) is 19.6 Å². The van der Waals surface area contributed by atoms with Crippen molar-refractivity contribution in [3.63, 3.8) is 0 Å². The van der Waals surface area contributed by atoms with Gasteiger partial charge in [-0.15, -0.1) is 0 Å². The highest BCUT2D eigenvalue weighted by atomic mass is 32.2. The van der Waals surface area contributed by atoms with E-state index in [0.717, 1.165) is 25.9 Å². The summed E-state index contributed by atoms with van der Waals surface area (Å²) in [5.41, 5.74) is -0.230. The highest BCUT2D eigenvalue weighted by molar-refractivity contribution is 7.89. The number of nitrogens with zero attached hydrogens (tertiary/aromatic N) is 2. The van der Waals surface area contributed by atoms with Crippen molar-refractivity contribution in [3.8, 4) is 0 Å². The SMILES string of the molecule is CC(S)N1CCC2(CC1)CN2S(=O)(=O)c1ccc(F)cc1. The van der Waals surface area contributed by atoms with Gasteiger partial charge in [-0.05, 0) is 44.0 Å². The summed E-state index contributed by atoms with van der Waals surface area (Å²) in [7, 11) is -3.50. The Balaban J connectivity index is 1.74. The number of halogens is 1. The fourth-order valence-electron chi connectivity index (χ4n) is 3.03. The molecule has 0 saturated carbocycles. The molecule has 2 heterocycles. The summed E-state index contributed by atoms with van der Waals surface area (Å²) in [6.45, 7) is 4.32. The second-order valence-corrected chi connectivity index (χ2v) is 8.47. The molecule has 2 aliphatic heterocycles.